The maximum Gasteiger partial charge on any atom is 0.223 e. The summed E-state index contributed by atoms with van der Waals surface area (Å²) >= 11 is 0. The highest BCUT2D eigenvalue weighted by atomic mass is 35.5. The zero-order valence-electron chi connectivity index (χ0n) is 10.7. The predicted octanol–water partition coefficient (Wildman–Crippen LogP) is 0.522. The summed E-state index contributed by atoms with van der Waals surface area (Å²) in [6, 6.07) is 0. The van der Waals surface area contributed by atoms with Gasteiger partial charge in [-0.15, -0.1) is 12.4 Å². The van der Waals surface area contributed by atoms with Crippen LogP contribution in [-0.4, -0.2) is 42.9 Å². The second-order valence-electron chi connectivity index (χ2n) is 3.56. The van der Waals surface area contributed by atoms with Gasteiger partial charge < -0.3 is 16.0 Å². The van der Waals surface area contributed by atoms with Gasteiger partial charge in [0.05, 0.1) is 0 Å². The second-order valence-corrected chi connectivity index (χ2v) is 3.56. The number of carbonyl (C=O) groups excluding carboxylic acids is 2. The van der Waals surface area contributed by atoms with Crippen LogP contribution in [0.1, 0.15) is 33.1 Å². The minimum atomic E-state index is -0.0750. The van der Waals surface area contributed by atoms with Gasteiger partial charge in [-0.25, -0.2) is 0 Å². The highest BCUT2D eigenvalue weighted by Gasteiger charge is 2.11. The molecule has 0 aliphatic carbocycles. The number of hydrogen-bond acceptors (Lipinski definition) is 3. The minimum Gasteiger partial charge on any atom is -0.356 e. The standard InChI is InChI=1S/C11H23N3O2.ClH/c1-3-14(4-2)11(16)7-6-10(15)13-9-5-8-12;/h3-9,12H2,1-2H3,(H,13,15);1H. The van der Waals surface area contributed by atoms with Crippen LogP contribution >= 0.6 is 12.4 Å². The lowest BCUT2D eigenvalue weighted by Gasteiger charge is -2.18. The Kier molecular flexibility index (Phi) is 12.7. The molecule has 0 bridgehead atoms. The molecule has 0 fully saturated rings. The third-order valence-electron chi connectivity index (χ3n) is 2.39. The van der Waals surface area contributed by atoms with Gasteiger partial charge in [0.15, 0.2) is 0 Å². The first-order valence-corrected chi connectivity index (χ1v) is 5.90. The molecule has 0 aliphatic rings. The largest absolute Gasteiger partial charge is 0.356 e. The predicted molar refractivity (Wildman–Crippen MR) is 71.1 cm³/mol. The van der Waals surface area contributed by atoms with Crippen molar-refractivity contribution in [3.8, 4) is 0 Å². The second kappa shape index (κ2) is 11.7. The average molecular weight is 266 g/mol. The highest BCUT2D eigenvalue weighted by molar-refractivity contribution is 5.85. The lowest BCUT2D eigenvalue weighted by atomic mass is 10.2. The number of nitrogens with two attached hydrogens (primary N) is 1. The van der Waals surface area contributed by atoms with E-state index in [1.807, 2.05) is 13.8 Å². The molecule has 0 spiro atoms. The van der Waals surface area contributed by atoms with E-state index >= 15 is 0 Å². The fraction of sp³-hybridized carbons (Fsp3) is 0.818. The van der Waals surface area contributed by atoms with Gasteiger partial charge in [0.25, 0.3) is 0 Å². The summed E-state index contributed by atoms with van der Waals surface area (Å²) in [4.78, 5) is 24.6. The molecule has 6 heteroatoms. The van der Waals surface area contributed by atoms with Crippen molar-refractivity contribution in [3.63, 3.8) is 0 Å². The molecule has 102 valence electrons. The van der Waals surface area contributed by atoms with Gasteiger partial charge in [-0.3, -0.25) is 9.59 Å². The Balaban J connectivity index is 0. The Morgan fingerprint density at radius 1 is 1.18 bits per heavy atom. The summed E-state index contributed by atoms with van der Waals surface area (Å²) in [7, 11) is 0. The normalized spacial score (nSPS) is 9.35. The van der Waals surface area contributed by atoms with Crippen LogP contribution in [-0.2, 0) is 9.59 Å². The Bertz CT molecular complexity index is 221. The minimum absolute atomic E-state index is 0. The molecule has 2 amide bonds. The van der Waals surface area contributed by atoms with Crippen molar-refractivity contribution in [1.82, 2.24) is 10.2 Å². The van der Waals surface area contributed by atoms with Crippen molar-refractivity contribution in [1.29, 1.82) is 0 Å². The van der Waals surface area contributed by atoms with Crippen LogP contribution in [0.2, 0.25) is 0 Å². The van der Waals surface area contributed by atoms with Crippen molar-refractivity contribution in [2.75, 3.05) is 26.2 Å². The molecule has 0 saturated carbocycles. The van der Waals surface area contributed by atoms with E-state index in [4.69, 9.17) is 5.73 Å². The molecule has 17 heavy (non-hydrogen) atoms. The number of nitrogens with one attached hydrogen (secondary N) is 1. The van der Waals surface area contributed by atoms with Gasteiger partial charge in [0.1, 0.15) is 0 Å². The number of amides is 2. The lowest BCUT2D eigenvalue weighted by Crippen LogP contribution is -2.32. The molecule has 0 aliphatic heterocycles. The fourth-order valence-electron chi connectivity index (χ4n) is 1.37. The number of nitrogens with zero attached hydrogens (tertiary/aromatic N) is 1. The highest BCUT2D eigenvalue weighted by Crippen LogP contribution is 1.97. The molecule has 0 unspecified atom stereocenters. The van der Waals surface area contributed by atoms with Crippen molar-refractivity contribution in [2.45, 2.75) is 33.1 Å². The van der Waals surface area contributed by atoms with Gasteiger partial charge in [0.2, 0.25) is 11.8 Å². The Hall–Kier alpha value is -0.810. The third-order valence-corrected chi connectivity index (χ3v) is 2.39. The van der Waals surface area contributed by atoms with E-state index in [2.05, 4.69) is 5.32 Å². The number of hydrogen-bond donors (Lipinski definition) is 2. The maximum absolute atomic E-state index is 11.6. The zero-order chi connectivity index (χ0) is 12.4. The van der Waals surface area contributed by atoms with Crippen LogP contribution in [0, 0.1) is 0 Å². The monoisotopic (exact) mass is 265 g/mol. The first-order chi connectivity index (χ1) is 7.65. The van der Waals surface area contributed by atoms with Crippen LogP contribution in [0.5, 0.6) is 0 Å². The quantitative estimate of drug-likeness (QED) is 0.629. The van der Waals surface area contributed by atoms with E-state index < -0.39 is 0 Å². The smallest absolute Gasteiger partial charge is 0.223 e. The van der Waals surface area contributed by atoms with E-state index in [-0.39, 0.29) is 37.1 Å². The molecule has 0 aromatic heterocycles. The first kappa shape index (κ1) is 18.6. The van der Waals surface area contributed by atoms with E-state index in [9.17, 15) is 9.59 Å². The van der Waals surface area contributed by atoms with Crippen molar-refractivity contribution in [2.24, 2.45) is 5.73 Å². The van der Waals surface area contributed by atoms with Crippen LogP contribution in [0.4, 0.5) is 0 Å². The summed E-state index contributed by atoms with van der Waals surface area (Å²) in [5.41, 5.74) is 5.30. The molecular formula is C11H24ClN3O2. The van der Waals surface area contributed by atoms with Crippen LogP contribution in [0.3, 0.4) is 0 Å². The van der Waals surface area contributed by atoms with Gasteiger partial charge in [-0.05, 0) is 26.8 Å². The number of rotatable bonds is 8. The average Bonchev–Trinajstić information content (AvgIpc) is 2.28. The molecule has 0 atom stereocenters. The van der Waals surface area contributed by atoms with Crippen molar-refractivity contribution in [3.05, 3.63) is 0 Å². The topological polar surface area (TPSA) is 75.4 Å². The van der Waals surface area contributed by atoms with Crippen molar-refractivity contribution < 1.29 is 9.59 Å². The molecule has 0 heterocycles. The van der Waals surface area contributed by atoms with E-state index in [0.717, 1.165) is 6.42 Å². The van der Waals surface area contributed by atoms with Gasteiger partial charge in [0, 0.05) is 32.5 Å². The first-order valence-electron chi connectivity index (χ1n) is 5.90. The number of carbonyl (C=O) groups is 2. The summed E-state index contributed by atoms with van der Waals surface area (Å²) in [6.07, 6.45) is 1.33. The maximum atomic E-state index is 11.6. The van der Waals surface area contributed by atoms with Gasteiger partial charge in [-0.2, -0.15) is 0 Å². The molecule has 5 nitrogen and oxygen atoms in total. The Morgan fingerprint density at radius 2 is 1.76 bits per heavy atom. The fourth-order valence-corrected chi connectivity index (χ4v) is 1.37. The summed E-state index contributed by atoms with van der Waals surface area (Å²) in [5, 5.41) is 2.72. The Morgan fingerprint density at radius 3 is 2.24 bits per heavy atom. The molecule has 3 N–H and O–H groups in total. The summed E-state index contributed by atoms with van der Waals surface area (Å²) < 4.78 is 0. The van der Waals surface area contributed by atoms with E-state index in [1.54, 1.807) is 4.90 Å². The Labute approximate surface area is 110 Å². The molecule has 0 aromatic carbocycles. The lowest BCUT2D eigenvalue weighted by molar-refractivity contribution is -0.133. The zero-order valence-corrected chi connectivity index (χ0v) is 11.5. The van der Waals surface area contributed by atoms with E-state index in [0.29, 0.717) is 26.2 Å². The third kappa shape index (κ3) is 8.94. The van der Waals surface area contributed by atoms with Crippen LogP contribution in [0.25, 0.3) is 0 Å². The molecule has 0 aromatic rings. The van der Waals surface area contributed by atoms with Gasteiger partial charge in [-0.1, -0.05) is 0 Å². The molecule has 0 rings (SSSR count). The summed E-state index contributed by atoms with van der Waals surface area (Å²) in [5.74, 6) is -0.0343. The van der Waals surface area contributed by atoms with Crippen LogP contribution in [0.15, 0.2) is 0 Å². The number of halogens is 1. The molecule has 0 radical (unpaired) electrons. The SMILES string of the molecule is CCN(CC)C(=O)CCC(=O)NCCCN.Cl. The van der Waals surface area contributed by atoms with E-state index in [1.165, 1.54) is 0 Å². The van der Waals surface area contributed by atoms with Crippen molar-refractivity contribution >= 4 is 24.2 Å². The van der Waals surface area contributed by atoms with Gasteiger partial charge >= 0.3 is 0 Å². The van der Waals surface area contributed by atoms with Crippen LogP contribution < -0.4 is 11.1 Å². The molecular weight excluding hydrogens is 242 g/mol. The molecule has 0 saturated heterocycles. The summed E-state index contributed by atoms with van der Waals surface area (Å²) in [6.45, 7) is 6.42.